The van der Waals surface area contributed by atoms with Crippen LogP contribution in [-0.4, -0.2) is 40.7 Å². The summed E-state index contributed by atoms with van der Waals surface area (Å²) in [5.74, 6) is -1.63. The molecule has 2 aromatic rings. The molecule has 1 aromatic carbocycles. The molecule has 6 nitrogen and oxygen atoms in total. The number of carboxylic acids is 1. The maximum Gasteiger partial charge on any atom is 0.331 e. The van der Waals surface area contributed by atoms with Crippen LogP contribution in [0.15, 0.2) is 29.6 Å². The largest absolute Gasteiger partial charge is 0.479 e. The average Bonchev–Trinajstić information content (AvgIpc) is 3.17. The fraction of sp³-hybridized carbons (Fsp3) is 0.267. The molecule has 0 aliphatic carbocycles. The van der Waals surface area contributed by atoms with Crippen molar-refractivity contribution < 1.29 is 19.4 Å². The van der Waals surface area contributed by atoms with Gasteiger partial charge in [-0.1, -0.05) is 23.7 Å². The molecule has 1 aliphatic heterocycles. The van der Waals surface area contributed by atoms with E-state index >= 15 is 0 Å². The Hall–Kier alpha value is -1.96. The Morgan fingerprint density at radius 3 is 2.91 bits per heavy atom. The van der Waals surface area contributed by atoms with Crippen molar-refractivity contribution in [3.8, 4) is 10.6 Å². The highest BCUT2D eigenvalue weighted by Gasteiger charge is 2.44. The number of rotatable bonds is 4. The van der Waals surface area contributed by atoms with E-state index in [0.29, 0.717) is 16.6 Å². The van der Waals surface area contributed by atoms with Gasteiger partial charge in [-0.2, -0.15) is 0 Å². The van der Waals surface area contributed by atoms with Crippen molar-refractivity contribution in [1.29, 1.82) is 0 Å². The molecular formula is C15H13ClN2O4S. The van der Waals surface area contributed by atoms with Crippen LogP contribution in [0, 0.1) is 0 Å². The third-order valence-electron chi connectivity index (χ3n) is 3.59. The number of amides is 1. The molecule has 2 heterocycles. The first-order chi connectivity index (χ1) is 11.0. The zero-order chi connectivity index (χ0) is 16.4. The summed E-state index contributed by atoms with van der Waals surface area (Å²) in [6.45, 7) is 0.261. The van der Waals surface area contributed by atoms with E-state index in [1.54, 1.807) is 23.6 Å². The SMILES string of the molecule is O=C(NC1(C(=O)O)CCOC1)c1csc(-c2cccc(Cl)c2)n1. The minimum Gasteiger partial charge on any atom is -0.479 e. The second-order valence-corrected chi connectivity index (χ2v) is 6.49. The Labute approximate surface area is 141 Å². The molecule has 23 heavy (non-hydrogen) atoms. The number of ether oxygens (including phenoxy) is 1. The van der Waals surface area contributed by atoms with Gasteiger partial charge in [0.1, 0.15) is 10.7 Å². The third kappa shape index (κ3) is 3.21. The van der Waals surface area contributed by atoms with Gasteiger partial charge in [0.25, 0.3) is 5.91 Å². The Kier molecular flexibility index (Phi) is 4.34. The number of carbonyl (C=O) groups is 2. The van der Waals surface area contributed by atoms with Crippen molar-refractivity contribution in [3.63, 3.8) is 0 Å². The Bertz CT molecular complexity index is 755. The summed E-state index contributed by atoms with van der Waals surface area (Å²) in [4.78, 5) is 28.0. The van der Waals surface area contributed by atoms with E-state index in [-0.39, 0.29) is 18.7 Å². The van der Waals surface area contributed by atoms with Gasteiger partial charge in [-0.05, 0) is 12.1 Å². The zero-order valence-corrected chi connectivity index (χ0v) is 13.5. The van der Waals surface area contributed by atoms with E-state index in [2.05, 4.69) is 10.3 Å². The highest BCUT2D eigenvalue weighted by Crippen LogP contribution is 2.26. The lowest BCUT2D eigenvalue weighted by Gasteiger charge is -2.22. The van der Waals surface area contributed by atoms with Gasteiger partial charge in [-0.25, -0.2) is 9.78 Å². The Balaban J connectivity index is 1.80. The van der Waals surface area contributed by atoms with E-state index in [1.807, 2.05) is 6.07 Å². The molecule has 3 rings (SSSR count). The van der Waals surface area contributed by atoms with Crippen molar-refractivity contribution in [2.75, 3.05) is 13.2 Å². The fourth-order valence-corrected chi connectivity index (χ4v) is 3.29. The van der Waals surface area contributed by atoms with Crippen LogP contribution in [0.25, 0.3) is 10.6 Å². The molecule has 1 unspecified atom stereocenters. The Morgan fingerprint density at radius 1 is 1.43 bits per heavy atom. The number of carboxylic acid groups (broad SMARTS) is 1. The van der Waals surface area contributed by atoms with Gasteiger partial charge in [-0.3, -0.25) is 4.79 Å². The monoisotopic (exact) mass is 352 g/mol. The Morgan fingerprint density at radius 2 is 2.26 bits per heavy atom. The lowest BCUT2D eigenvalue weighted by molar-refractivity contribution is -0.144. The number of hydrogen-bond donors (Lipinski definition) is 2. The highest BCUT2D eigenvalue weighted by atomic mass is 35.5. The van der Waals surface area contributed by atoms with E-state index in [4.69, 9.17) is 16.3 Å². The molecule has 0 spiro atoms. The van der Waals surface area contributed by atoms with Crippen molar-refractivity contribution in [3.05, 3.63) is 40.4 Å². The topological polar surface area (TPSA) is 88.5 Å². The molecule has 1 aliphatic rings. The van der Waals surface area contributed by atoms with Crippen molar-refractivity contribution in [1.82, 2.24) is 10.3 Å². The molecule has 120 valence electrons. The van der Waals surface area contributed by atoms with Crippen LogP contribution in [-0.2, 0) is 9.53 Å². The van der Waals surface area contributed by atoms with Crippen LogP contribution in [0.5, 0.6) is 0 Å². The lowest BCUT2D eigenvalue weighted by Crippen LogP contribution is -2.55. The molecule has 1 amide bonds. The average molecular weight is 353 g/mol. The third-order valence-corrected chi connectivity index (χ3v) is 4.72. The highest BCUT2D eigenvalue weighted by molar-refractivity contribution is 7.13. The van der Waals surface area contributed by atoms with E-state index in [0.717, 1.165) is 5.56 Å². The minimum atomic E-state index is -1.38. The molecule has 1 fully saturated rings. The lowest BCUT2D eigenvalue weighted by atomic mass is 9.99. The molecule has 0 radical (unpaired) electrons. The minimum absolute atomic E-state index is 0.0423. The van der Waals surface area contributed by atoms with Gasteiger partial charge >= 0.3 is 5.97 Å². The standard InChI is InChI=1S/C15H13ClN2O4S/c16-10-3-1-2-9(6-10)13-17-11(7-23-13)12(19)18-15(14(20)21)4-5-22-8-15/h1-3,6-7H,4-5,8H2,(H,18,19)(H,20,21). The number of hydrogen-bond acceptors (Lipinski definition) is 5. The van der Waals surface area contributed by atoms with Crippen LogP contribution in [0.4, 0.5) is 0 Å². The molecule has 1 saturated heterocycles. The number of thiazole rings is 1. The molecule has 1 aromatic heterocycles. The van der Waals surface area contributed by atoms with Crippen LogP contribution < -0.4 is 5.32 Å². The fourth-order valence-electron chi connectivity index (χ4n) is 2.30. The van der Waals surface area contributed by atoms with Crippen LogP contribution in [0.2, 0.25) is 5.02 Å². The summed E-state index contributed by atoms with van der Waals surface area (Å²) < 4.78 is 5.12. The zero-order valence-electron chi connectivity index (χ0n) is 11.9. The van der Waals surface area contributed by atoms with Crippen LogP contribution in [0.1, 0.15) is 16.9 Å². The molecule has 1 atom stereocenters. The van der Waals surface area contributed by atoms with Gasteiger partial charge < -0.3 is 15.2 Å². The number of aliphatic carboxylic acids is 1. The van der Waals surface area contributed by atoms with E-state index in [9.17, 15) is 14.7 Å². The summed E-state index contributed by atoms with van der Waals surface area (Å²) in [6, 6.07) is 7.15. The number of halogens is 1. The van der Waals surface area contributed by atoms with E-state index < -0.39 is 17.4 Å². The molecular weight excluding hydrogens is 340 g/mol. The molecule has 8 heteroatoms. The van der Waals surface area contributed by atoms with Crippen LogP contribution in [0.3, 0.4) is 0 Å². The normalized spacial score (nSPS) is 20.4. The van der Waals surface area contributed by atoms with Gasteiger partial charge in [0.15, 0.2) is 5.54 Å². The maximum absolute atomic E-state index is 12.3. The van der Waals surface area contributed by atoms with E-state index in [1.165, 1.54) is 11.3 Å². The number of benzene rings is 1. The summed E-state index contributed by atoms with van der Waals surface area (Å²) in [6.07, 6.45) is 0.235. The predicted molar refractivity (Wildman–Crippen MR) is 85.8 cm³/mol. The quantitative estimate of drug-likeness (QED) is 0.882. The predicted octanol–water partition coefficient (Wildman–Crippen LogP) is 2.44. The summed E-state index contributed by atoms with van der Waals surface area (Å²) >= 11 is 7.24. The number of carbonyl (C=O) groups excluding carboxylic acids is 1. The first-order valence-electron chi connectivity index (χ1n) is 6.85. The smallest absolute Gasteiger partial charge is 0.331 e. The van der Waals surface area contributed by atoms with Gasteiger partial charge in [0, 0.05) is 29.0 Å². The number of nitrogens with zero attached hydrogens (tertiary/aromatic N) is 1. The first kappa shape index (κ1) is 15.9. The van der Waals surface area contributed by atoms with Crippen LogP contribution >= 0.6 is 22.9 Å². The van der Waals surface area contributed by atoms with Gasteiger partial charge in [0.05, 0.1) is 6.61 Å². The summed E-state index contributed by atoms with van der Waals surface area (Å²) in [5, 5.41) is 14.7. The maximum atomic E-state index is 12.3. The van der Waals surface area contributed by atoms with Gasteiger partial charge in [-0.15, -0.1) is 11.3 Å². The summed E-state index contributed by atoms with van der Waals surface area (Å²) in [7, 11) is 0. The second-order valence-electron chi connectivity index (χ2n) is 5.19. The van der Waals surface area contributed by atoms with Crippen molar-refractivity contribution in [2.24, 2.45) is 0 Å². The number of aromatic nitrogens is 1. The molecule has 0 bridgehead atoms. The number of nitrogens with one attached hydrogen (secondary N) is 1. The first-order valence-corrected chi connectivity index (χ1v) is 8.11. The van der Waals surface area contributed by atoms with Crippen molar-refractivity contribution >= 4 is 34.8 Å². The van der Waals surface area contributed by atoms with Crippen molar-refractivity contribution in [2.45, 2.75) is 12.0 Å². The molecule has 0 saturated carbocycles. The summed E-state index contributed by atoms with van der Waals surface area (Å²) in [5.41, 5.74) is -0.395. The van der Waals surface area contributed by atoms with Gasteiger partial charge in [0.2, 0.25) is 0 Å². The molecule has 2 N–H and O–H groups in total. The second kappa shape index (κ2) is 6.27.